The highest BCUT2D eigenvalue weighted by atomic mass is 16.1. The van der Waals surface area contributed by atoms with E-state index < -0.39 is 0 Å². The summed E-state index contributed by atoms with van der Waals surface area (Å²) < 4.78 is 0. The Balaban J connectivity index is 1.69. The number of hydrogen-bond acceptors (Lipinski definition) is 3. The van der Waals surface area contributed by atoms with E-state index in [0.29, 0.717) is 29.0 Å². The molecule has 0 saturated heterocycles. The lowest BCUT2D eigenvalue weighted by molar-refractivity contribution is 0.0755. The fraction of sp³-hybridized carbons (Fsp3) is 0.556. The van der Waals surface area contributed by atoms with Gasteiger partial charge in [-0.05, 0) is 56.6 Å². The van der Waals surface area contributed by atoms with Gasteiger partial charge in [-0.25, -0.2) is 0 Å². The van der Waals surface area contributed by atoms with Crippen molar-refractivity contribution in [3.63, 3.8) is 0 Å². The molecule has 4 heteroatoms. The lowest BCUT2D eigenvalue weighted by atomic mass is 9.67. The Morgan fingerprint density at radius 3 is 2.14 bits per heavy atom. The molecule has 1 aromatic carbocycles. The number of ketones is 1. The molecule has 0 aliphatic heterocycles. The molecule has 2 unspecified atom stereocenters. The van der Waals surface area contributed by atoms with Crippen molar-refractivity contribution in [1.82, 2.24) is 5.32 Å². The fourth-order valence-corrected chi connectivity index (χ4v) is 4.12. The molecule has 3 N–H and O–H groups in total. The van der Waals surface area contributed by atoms with Gasteiger partial charge in [-0.1, -0.05) is 18.6 Å². The normalized spacial score (nSPS) is 30.6. The summed E-state index contributed by atoms with van der Waals surface area (Å²) in [6, 6.07) is 7.45. The third-order valence-electron chi connectivity index (χ3n) is 5.23. The van der Waals surface area contributed by atoms with Gasteiger partial charge in [0.2, 0.25) is 0 Å². The lowest BCUT2D eigenvalue weighted by Crippen LogP contribution is -2.53. The summed E-state index contributed by atoms with van der Waals surface area (Å²) in [4.78, 5) is 23.8. The number of nitrogens with two attached hydrogens (primary N) is 1. The van der Waals surface area contributed by atoms with E-state index >= 15 is 0 Å². The molecule has 2 saturated carbocycles. The molecule has 1 aromatic rings. The van der Waals surface area contributed by atoms with E-state index in [1.54, 1.807) is 24.3 Å². The molecule has 2 fully saturated rings. The van der Waals surface area contributed by atoms with Gasteiger partial charge in [0.05, 0.1) is 0 Å². The zero-order valence-corrected chi connectivity index (χ0v) is 13.0. The zero-order chi connectivity index (χ0) is 15.7. The average molecular weight is 300 g/mol. The van der Waals surface area contributed by atoms with E-state index in [4.69, 9.17) is 5.73 Å². The van der Waals surface area contributed by atoms with Crippen LogP contribution in [0, 0.1) is 11.8 Å². The van der Waals surface area contributed by atoms with Gasteiger partial charge in [0.25, 0.3) is 5.91 Å². The molecule has 0 heterocycles. The minimum absolute atomic E-state index is 0.0164. The molecule has 22 heavy (non-hydrogen) atoms. The summed E-state index contributed by atoms with van der Waals surface area (Å²) >= 11 is 0. The highest BCUT2D eigenvalue weighted by Crippen LogP contribution is 2.39. The summed E-state index contributed by atoms with van der Waals surface area (Å²) in [6.07, 6.45) is 5.62. The minimum atomic E-state index is -0.0347. The molecule has 2 bridgehead atoms. The summed E-state index contributed by atoms with van der Waals surface area (Å²) in [5.74, 6) is 1.01. The van der Waals surface area contributed by atoms with Crippen molar-refractivity contribution < 1.29 is 9.59 Å². The van der Waals surface area contributed by atoms with Gasteiger partial charge < -0.3 is 11.1 Å². The van der Waals surface area contributed by atoms with E-state index in [1.807, 2.05) is 0 Å². The van der Waals surface area contributed by atoms with Crippen molar-refractivity contribution in [3.8, 4) is 0 Å². The second-order valence-electron chi connectivity index (χ2n) is 6.82. The van der Waals surface area contributed by atoms with Crippen LogP contribution in [0.25, 0.3) is 0 Å². The summed E-state index contributed by atoms with van der Waals surface area (Å²) in [7, 11) is 0. The number of carbonyl (C=O) groups excluding carboxylic acids is 2. The van der Waals surface area contributed by atoms with Crippen molar-refractivity contribution in [2.75, 3.05) is 0 Å². The molecule has 118 valence electrons. The maximum Gasteiger partial charge on any atom is 0.251 e. The molecular formula is C18H24N2O2. The maximum atomic E-state index is 12.5. The Morgan fingerprint density at radius 1 is 1.05 bits per heavy atom. The van der Waals surface area contributed by atoms with Gasteiger partial charge in [-0.3, -0.25) is 9.59 Å². The molecule has 2 atom stereocenters. The van der Waals surface area contributed by atoms with Gasteiger partial charge in [-0.15, -0.1) is 0 Å². The molecule has 0 radical (unpaired) electrons. The standard InChI is InChI=1S/C18H24N2O2/c1-11(21)12-5-7-13(8-6-12)18(22)20-17-14-3-2-4-15(17)10-16(19)9-14/h5-8,14-17H,2-4,9-10,19H2,1H3,(H,20,22). The van der Waals surface area contributed by atoms with E-state index in [1.165, 1.54) is 26.2 Å². The first kappa shape index (κ1) is 15.2. The largest absolute Gasteiger partial charge is 0.349 e. The van der Waals surface area contributed by atoms with Crippen molar-refractivity contribution in [3.05, 3.63) is 35.4 Å². The van der Waals surface area contributed by atoms with Gasteiger partial charge >= 0.3 is 0 Å². The van der Waals surface area contributed by atoms with Crippen LogP contribution in [-0.4, -0.2) is 23.8 Å². The van der Waals surface area contributed by atoms with Gasteiger partial charge in [0.15, 0.2) is 5.78 Å². The predicted molar refractivity (Wildman–Crippen MR) is 85.7 cm³/mol. The quantitative estimate of drug-likeness (QED) is 0.843. The number of benzene rings is 1. The highest BCUT2D eigenvalue weighted by Gasteiger charge is 2.39. The highest BCUT2D eigenvalue weighted by molar-refractivity contribution is 5.97. The average Bonchev–Trinajstić information content (AvgIpc) is 2.48. The second kappa shape index (κ2) is 6.21. The van der Waals surface area contributed by atoms with Crippen LogP contribution >= 0.6 is 0 Å². The van der Waals surface area contributed by atoms with Gasteiger partial charge in [0.1, 0.15) is 0 Å². The third kappa shape index (κ3) is 3.07. The third-order valence-corrected chi connectivity index (χ3v) is 5.23. The van der Waals surface area contributed by atoms with E-state index in [9.17, 15) is 9.59 Å². The smallest absolute Gasteiger partial charge is 0.251 e. The Hall–Kier alpha value is -1.68. The summed E-state index contributed by atoms with van der Waals surface area (Å²) in [5.41, 5.74) is 7.39. The number of nitrogens with one attached hydrogen (secondary N) is 1. The lowest BCUT2D eigenvalue weighted by Gasteiger charge is -2.45. The number of carbonyl (C=O) groups is 2. The van der Waals surface area contributed by atoms with Gasteiger partial charge in [-0.2, -0.15) is 0 Å². The Labute approximate surface area is 131 Å². The van der Waals surface area contributed by atoms with E-state index in [0.717, 1.165) is 12.8 Å². The van der Waals surface area contributed by atoms with Crippen LogP contribution in [0.1, 0.15) is 59.7 Å². The Bertz CT molecular complexity index is 553. The van der Waals surface area contributed by atoms with Crippen molar-refractivity contribution in [2.45, 2.75) is 51.1 Å². The fourth-order valence-electron chi connectivity index (χ4n) is 4.12. The first-order valence-corrected chi connectivity index (χ1v) is 8.22. The Kier molecular flexibility index (Phi) is 4.30. The molecule has 3 rings (SSSR count). The van der Waals surface area contributed by atoms with Crippen molar-refractivity contribution in [2.24, 2.45) is 17.6 Å². The first-order valence-electron chi connectivity index (χ1n) is 8.22. The maximum absolute atomic E-state index is 12.5. The predicted octanol–water partition coefficient (Wildman–Crippen LogP) is 2.53. The van der Waals surface area contributed by atoms with Crippen LogP contribution in [0.15, 0.2) is 24.3 Å². The van der Waals surface area contributed by atoms with Crippen molar-refractivity contribution in [1.29, 1.82) is 0 Å². The molecular weight excluding hydrogens is 276 g/mol. The summed E-state index contributed by atoms with van der Waals surface area (Å²) in [6.45, 7) is 1.53. The summed E-state index contributed by atoms with van der Waals surface area (Å²) in [5, 5.41) is 3.23. The zero-order valence-electron chi connectivity index (χ0n) is 13.0. The molecule has 2 aliphatic carbocycles. The molecule has 0 spiro atoms. The SMILES string of the molecule is CC(=O)c1ccc(C(=O)NC2C3CCCC2CC(N)C3)cc1. The van der Waals surface area contributed by atoms with E-state index in [-0.39, 0.29) is 17.7 Å². The molecule has 0 aromatic heterocycles. The minimum Gasteiger partial charge on any atom is -0.349 e. The number of hydrogen-bond donors (Lipinski definition) is 2. The van der Waals surface area contributed by atoms with Crippen LogP contribution in [0.5, 0.6) is 0 Å². The number of Topliss-reactive ketones (excluding diaryl/α,β-unsaturated/α-hetero) is 1. The second-order valence-corrected chi connectivity index (χ2v) is 6.82. The van der Waals surface area contributed by atoms with Crippen LogP contribution in [0.2, 0.25) is 0 Å². The Morgan fingerprint density at radius 2 is 1.59 bits per heavy atom. The number of rotatable bonds is 3. The van der Waals surface area contributed by atoms with E-state index in [2.05, 4.69) is 5.32 Å². The molecule has 4 nitrogen and oxygen atoms in total. The number of amides is 1. The topological polar surface area (TPSA) is 72.2 Å². The first-order chi connectivity index (χ1) is 10.5. The van der Waals surface area contributed by atoms with Crippen LogP contribution in [-0.2, 0) is 0 Å². The van der Waals surface area contributed by atoms with Crippen LogP contribution in [0.4, 0.5) is 0 Å². The van der Waals surface area contributed by atoms with Gasteiger partial charge in [0, 0.05) is 23.2 Å². The molecule has 1 amide bonds. The monoisotopic (exact) mass is 300 g/mol. The van der Waals surface area contributed by atoms with Crippen molar-refractivity contribution >= 4 is 11.7 Å². The molecule has 2 aliphatic rings. The van der Waals surface area contributed by atoms with Crippen LogP contribution < -0.4 is 11.1 Å². The number of fused-ring (bicyclic) bond motifs is 2. The van der Waals surface area contributed by atoms with Crippen LogP contribution in [0.3, 0.4) is 0 Å².